The Kier molecular flexibility index (Phi) is 6.43. The lowest BCUT2D eigenvalue weighted by atomic mass is 10.1. The molecule has 0 saturated carbocycles. The van der Waals surface area contributed by atoms with E-state index in [1.54, 1.807) is 6.07 Å². The van der Waals surface area contributed by atoms with E-state index in [2.05, 4.69) is 11.9 Å². The van der Waals surface area contributed by atoms with E-state index >= 15 is 0 Å². The highest BCUT2D eigenvalue weighted by atomic mass is 32.2. The van der Waals surface area contributed by atoms with Gasteiger partial charge in [0.15, 0.2) is 5.11 Å². The number of hydrogen-bond acceptors (Lipinski definition) is 6. The van der Waals surface area contributed by atoms with Gasteiger partial charge >= 0.3 is 0 Å². The second-order valence-electron chi connectivity index (χ2n) is 6.42. The van der Waals surface area contributed by atoms with Crippen LogP contribution in [0.25, 0.3) is 6.08 Å². The number of nitro benzene ring substituents is 1. The van der Waals surface area contributed by atoms with E-state index in [0.29, 0.717) is 10.5 Å². The van der Waals surface area contributed by atoms with Crippen LogP contribution in [0.5, 0.6) is 0 Å². The number of benzene rings is 2. The number of carbonyl (C=O) groups excluding carboxylic acids is 2. The Balaban J connectivity index is 2.06. The average molecular weight is 440 g/mol. The van der Waals surface area contributed by atoms with Crippen LogP contribution in [0.3, 0.4) is 0 Å². The third-order valence-electron chi connectivity index (χ3n) is 4.25. The fraction of sp³-hybridized carbons (Fsp3) is 0.0952. The van der Waals surface area contributed by atoms with Gasteiger partial charge in [-0.2, -0.15) is 0 Å². The lowest BCUT2D eigenvalue weighted by Crippen LogP contribution is -2.53. The molecule has 0 spiro atoms. The first-order valence-corrected chi connectivity index (χ1v) is 10.1. The van der Waals surface area contributed by atoms with Gasteiger partial charge in [-0.15, -0.1) is 6.58 Å². The van der Waals surface area contributed by atoms with Crippen molar-refractivity contribution in [2.75, 3.05) is 6.54 Å². The van der Waals surface area contributed by atoms with Crippen LogP contribution in [0.2, 0.25) is 0 Å². The molecule has 0 unspecified atom stereocenters. The van der Waals surface area contributed by atoms with Crippen molar-refractivity contribution < 1.29 is 14.5 Å². The quantitative estimate of drug-likeness (QED) is 0.183. The van der Waals surface area contributed by atoms with Crippen LogP contribution in [-0.4, -0.2) is 33.3 Å². The summed E-state index contributed by atoms with van der Waals surface area (Å²) in [7, 11) is 0. The summed E-state index contributed by atoms with van der Waals surface area (Å²) < 4.78 is 0. The van der Waals surface area contributed by atoms with E-state index in [-0.39, 0.29) is 22.9 Å². The molecule has 1 aliphatic rings. The van der Waals surface area contributed by atoms with Crippen LogP contribution in [0.4, 0.5) is 5.69 Å². The molecule has 7 nitrogen and oxygen atoms in total. The molecule has 152 valence electrons. The Hall–Kier alpha value is -3.30. The number of rotatable bonds is 6. The first-order valence-electron chi connectivity index (χ1n) is 8.83. The fourth-order valence-electron chi connectivity index (χ4n) is 2.73. The number of carbonyl (C=O) groups is 2. The highest BCUT2D eigenvalue weighted by Gasteiger charge is 2.33. The zero-order chi connectivity index (χ0) is 21.8. The predicted octanol–water partition coefficient (Wildman–Crippen LogP) is 3.87. The second-order valence-corrected chi connectivity index (χ2v) is 7.92. The fourth-order valence-corrected chi connectivity index (χ4v) is 3.88. The van der Waals surface area contributed by atoms with Gasteiger partial charge in [0.25, 0.3) is 17.5 Å². The molecule has 0 aliphatic carbocycles. The summed E-state index contributed by atoms with van der Waals surface area (Å²) in [5.74, 6) is -1.23. The maximum absolute atomic E-state index is 12.8. The molecule has 0 aromatic heterocycles. The standard InChI is InChI=1S/C21H17N3O4S2/c1-3-10-23-20(26)17(19(25)22-21(23)29)12-14-11-15(24(27)28)6-9-18(14)30-16-7-4-13(2)5-8-16/h3-9,11-12H,1,10H2,2H3,(H,22,25,29)/b17-12+. The molecule has 1 saturated heterocycles. The number of nitrogens with zero attached hydrogens (tertiary/aromatic N) is 2. The number of non-ortho nitro benzene ring substituents is 1. The number of hydrogen-bond donors (Lipinski definition) is 1. The van der Waals surface area contributed by atoms with Crippen molar-refractivity contribution in [2.24, 2.45) is 0 Å². The zero-order valence-electron chi connectivity index (χ0n) is 16.0. The van der Waals surface area contributed by atoms with Gasteiger partial charge in [-0.3, -0.25) is 29.9 Å². The molecule has 0 radical (unpaired) electrons. The van der Waals surface area contributed by atoms with Gasteiger partial charge in [0.1, 0.15) is 5.57 Å². The maximum atomic E-state index is 12.8. The lowest BCUT2D eigenvalue weighted by molar-refractivity contribution is -0.384. The lowest BCUT2D eigenvalue weighted by Gasteiger charge is -2.27. The van der Waals surface area contributed by atoms with Crippen LogP contribution in [0, 0.1) is 17.0 Å². The summed E-state index contributed by atoms with van der Waals surface area (Å²) in [5.41, 5.74) is 1.20. The summed E-state index contributed by atoms with van der Waals surface area (Å²) in [4.78, 5) is 38.7. The van der Waals surface area contributed by atoms with E-state index in [1.807, 2.05) is 31.2 Å². The van der Waals surface area contributed by atoms with Crippen molar-refractivity contribution in [3.63, 3.8) is 0 Å². The topological polar surface area (TPSA) is 92.6 Å². The third kappa shape index (κ3) is 4.64. The Bertz CT molecular complexity index is 1090. The molecule has 9 heteroatoms. The van der Waals surface area contributed by atoms with Crippen LogP contribution in [-0.2, 0) is 9.59 Å². The van der Waals surface area contributed by atoms with Gasteiger partial charge in [0.05, 0.1) is 4.92 Å². The summed E-state index contributed by atoms with van der Waals surface area (Å²) >= 11 is 6.43. The Labute approximate surface area is 182 Å². The smallest absolute Gasteiger partial charge is 0.270 e. The third-order valence-corrected chi connectivity index (χ3v) is 5.67. The van der Waals surface area contributed by atoms with E-state index in [4.69, 9.17) is 12.2 Å². The van der Waals surface area contributed by atoms with Crippen LogP contribution >= 0.6 is 24.0 Å². The Morgan fingerprint density at radius 2 is 1.93 bits per heavy atom. The molecule has 1 aliphatic heterocycles. The van der Waals surface area contributed by atoms with Crippen LogP contribution < -0.4 is 5.32 Å². The normalized spacial score (nSPS) is 15.3. The van der Waals surface area contributed by atoms with Crippen molar-refractivity contribution >= 4 is 52.7 Å². The first kappa shape index (κ1) is 21.4. The molecule has 1 N–H and O–H groups in total. The SMILES string of the molecule is C=CCN1C(=O)/C(=C/c2cc([N+](=O)[O-])ccc2Sc2ccc(C)cc2)C(=O)NC1=S. The van der Waals surface area contributed by atoms with Crippen molar-refractivity contribution in [2.45, 2.75) is 16.7 Å². The number of nitrogens with one attached hydrogen (secondary N) is 1. The monoisotopic (exact) mass is 439 g/mol. The van der Waals surface area contributed by atoms with Crippen LogP contribution in [0.1, 0.15) is 11.1 Å². The first-order chi connectivity index (χ1) is 14.3. The summed E-state index contributed by atoms with van der Waals surface area (Å²) in [6.07, 6.45) is 2.85. The van der Waals surface area contributed by atoms with Gasteiger partial charge in [0, 0.05) is 28.5 Å². The highest BCUT2D eigenvalue weighted by Crippen LogP contribution is 2.34. The summed E-state index contributed by atoms with van der Waals surface area (Å²) in [6.45, 7) is 5.70. The average Bonchev–Trinajstić information content (AvgIpc) is 2.71. The number of amides is 2. The number of nitro groups is 1. The number of thiocarbonyl (C=S) groups is 1. The van der Waals surface area contributed by atoms with E-state index in [0.717, 1.165) is 10.5 Å². The van der Waals surface area contributed by atoms with Crippen molar-refractivity contribution in [3.05, 3.63) is 81.9 Å². The molecule has 2 aromatic carbocycles. The van der Waals surface area contributed by atoms with Gasteiger partial charge < -0.3 is 0 Å². The molecule has 3 rings (SSSR count). The summed E-state index contributed by atoms with van der Waals surface area (Å²) in [6, 6.07) is 12.1. The Morgan fingerprint density at radius 3 is 2.57 bits per heavy atom. The molecule has 2 aromatic rings. The maximum Gasteiger partial charge on any atom is 0.270 e. The molecule has 2 amide bonds. The van der Waals surface area contributed by atoms with Gasteiger partial charge in [-0.05, 0) is 49.0 Å². The van der Waals surface area contributed by atoms with E-state index in [1.165, 1.54) is 40.9 Å². The van der Waals surface area contributed by atoms with E-state index < -0.39 is 16.7 Å². The molecular weight excluding hydrogens is 422 g/mol. The molecule has 0 atom stereocenters. The van der Waals surface area contributed by atoms with Crippen molar-refractivity contribution in [1.29, 1.82) is 0 Å². The van der Waals surface area contributed by atoms with E-state index in [9.17, 15) is 19.7 Å². The molecule has 1 fully saturated rings. The number of aryl methyl sites for hydroxylation is 1. The highest BCUT2D eigenvalue weighted by molar-refractivity contribution is 7.99. The predicted molar refractivity (Wildman–Crippen MR) is 119 cm³/mol. The van der Waals surface area contributed by atoms with Gasteiger partial charge in [-0.25, -0.2) is 0 Å². The second kappa shape index (κ2) is 9.02. The molecule has 1 heterocycles. The van der Waals surface area contributed by atoms with Crippen molar-refractivity contribution in [1.82, 2.24) is 10.2 Å². The molecular formula is C21H17N3O4S2. The minimum Gasteiger partial charge on any atom is -0.298 e. The minimum atomic E-state index is -0.650. The molecule has 0 bridgehead atoms. The van der Waals surface area contributed by atoms with Gasteiger partial charge in [0.2, 0.25) is 0 Å². The molecule has 30 heavy (non-hydrogen) atoms. The summed E-state index contributed by atoms with van der Waals surface area (Å²) in [5, 5.41) is 13.7. The van der Waals surface area contributed by atoms with Gasteiger partial charge in [-0.1, -0.05) is 35.5 Å². The zero-order valence-corrected chi connectivity index (χ0v) is 17.6. The van der Waals surface area contributed by atoms with Crippen molar-refractivity contribution in [3.8, 4) is 0 Å². The van der Waals surface area contributed by atoms with Crippen LogP contribution in [0.15, 0.2) is 70.5 Å². The Morgan fingerprint density at radius 1 is 1.23 bits per heavy atom. The minimum absolute atomic E-state index is 0.00431. The largest absolute Gasteiger partial charge is 0.298 e.